The fourth-order valence-corrected chi connectivity index (χ4v) is 1.74. The number of halogens is 4. The Bertz CT molecular complexity index is 474. The van der Waals surface area contributed by atoms with Crippen LogP contribution in [0.3, 0.4) is 0 Å². The first-order valence-corrected chi connectivity index (χ1v) is 6.12. The van der Waals surface area contributed by atoms with Gasteiger partial charge in [0, 0.05) is 25.6 Å². The molecule has 0 N–H and O–H groups in total. The van der Waals surface area contributed by atoms with E-state index in [0.29, 0.717) is 18.7 Å². The van der Waals surface area contributed by atoms with Gasteiger partial charge in [-0.2, -0.15) is 13.2 Å². The molecule has 1 heterocycles. The summed E-state index contributed by atoms with van der Waals surface area (Å²) in [5, 5.41) is 0.117. The number of hydrogen-bond acceptors (Lipinski definition) is 3. The van der Waals surface area contributed by atoms with Crippen molar-refractivity contribution < 1.29 is 17.9 Å². The zero-order valence-electron chi connectivity index (χ0n) is 10.3. The highest BCUT2D eigenvalue weighted by atomic mass is 35.5. The molecule has 19 heavy (non-hydrogen) atoms. The molecule has 0 aliphatic carbocycles. The van der Waals surface area contributed by atoms with Gasteiger partial charge < -0.3 is 4.74 Å². The summed E-state index contributed by atoms with van der Waals surface area (Å²) >= 11 is 5.66. The molecular formula is C11H14ClF3N2O2. The maximum atomic E-state index is 11.8. The molecule has 0 spiro atoms. The molecule has 8 heteroatoms. The van der Waals surface area contributed by atoms with Crippen molar-refractivity contribution in [1.82, 2.24) is 9.55 Å². The van der Waals surface area contributed by atoms with Gasteiger partial charge in [0.15, 0.2) is 0 Å². The first kappa shape index (κ1) is 16.0. The molecule has 0 saturated carbocycles. The molecule has 0 radical (unpaired) electrons. The molecule has 0 fully saturated rings. The molecule has 0 aliphatic heterocycles. The summed E-state index contributed by atoms with van der Waals surface area (Å²) in [6.45, 7) is 0.720. The van der Waals surface area contributed by atoms with Crippen LogP contribution in [0.15, 0.2) is 10.9 Å². The van der Waals surface area contributed by atoms with Crippen molar-refractivity contribution in [3.8, 4) is 0 Å². The number of alkyl halides is 3. The van der Waals surface area contributed by atoms with Crippen molar-refractivity contribution >= 4 is 11.6 Å². The standard InChI is InChI=1S/C11H14ClF3N2O2/c1-2-9-16-8(12)6-10(18)17(9)4-3-5-19-7-11(13,14)15/h6H,2-5,7H2,1H3. The normalized spacial score (nSPS) is 11.8. The highest BCUT2D eigenvalue weighted by molar-refractivity contribution is 6.29. The zero-order chi connectivity index (χ0) is 14.5. The van der Waals surface area contributed by atoms with E-state index in [9.17, 15) is 18.0 Å². The van der Waals surface area contributed by atoms with Crippen molar-refractivity contribution in [2.24, 2.45) is 0 Å². The number of hydrogen-bond donors (Lipinski definition) is 0. The zero-order valence-corrected chi connectivity index (χ0v) is 11.1. The van der Waals surface area contributed by atoms with Gasteiger partial charge in [-0.15, -0.1) is 0 Å². The second-order valence-corrected chi connectivity index (χ2v) is 4.25. The average molecular weight is 299 g/mol. The van der Waals surface area contributed by atoms with Crippen molar-refractivity contribution in [2.75, 3.05) is 13.2 Å². The van der Waals surface area contributed by atoms with E-state index in [0.717, 1.165) is 0 Å². The molecule has 1 rings (SSSR count). The number of aryl methyl sites for hydroxylation is 1. The third-order valence-electron chi connectivity index (χ3n) is 2.31. The van der Waals surface area contributed by atoms with E-state index in [2.05, 4.69) is 9.72 Å². The lowest BCUT2D eigenvalue weighted by Gasteiger charge is -2.11. The maximum absolute atomic E-state index is 11.8. The summed E-state index contributed by atoms with van der Waals surface area (Å²) in [6.07, 6.45) is -3.52. The lowest BCUT2D eigenvalue weighted by molar-refractivity contribution is -0.174. The van der Waals surface area contributed by atoms with Gasteiger partial charge in [-0.3, -0.25) is 9.36 Å². The summed E-state index contributed by atoms with van der Waals surface area (Å²) in [5.74, 6) is 0.508. The Kier molecular flexibility index (Phi) is 5.81. The Balaban J connectivity index is 2.52. The Morgan fingerprint density at radius 3 is 2.74 bits per heavy atom. The fourth-order valence-electron chi connectivity index (χ4n) is 1.54. The second-order valence-electron chi connectivity index (χ2n) is 3.86. The Morgan fingerprint density at radius 2 is 2.16 bits per heavy atom. The van der Waals surface area contributed by atoms with Crippen LogP contribution in [0.1, 0.15) is 19.2 Å². The van der Waals surface area contributed by atoms with Crippen molar-refractivity contribution in [3.63, 3.8) is 0 Å². The minimum absolute atomic E-state index is 0.0717. The van der Waals surface area contributed by atoms with Crippen LogP contribution in [0.5, 0.6) is 0 Å². The molecule has 1 aromatic heterocycles. The van der Waals surface area contributed by atoms with Gasteiger partial charge in [-0.05, 0) is 6.42 Å². The minimum atomic E-state index is -4.33. The molecular weight excluding hydrogens is 285 g/mol. The van der Waals surface area contributed by atoms with E-state index in [1.807, 2.05) is 6.92 Å². The molecule has 4 nitrogen and oxygen atoms in total. The van der Waals surface area contributed by atoms with E-state index >= 15 is 0 Å². The lowest BCUT2D eigenvalue weighted by Crippen LogP contribution is -2.25. The fraction of sp³-hybridized carbons (Fsp3) is 0.636. The molecule has 0 saturated heterocycles. The summed E-state index contributed by atoms with van der Waals surface area (Å²) in [6, 6.07) is 1.18. The van der Waals surface area contributed by atoms with Crippen LogP contribution in [0.25, 0.3) is 0 Å². The first-order valence-electron chi connectivity index (χ1n) is 5.74. The van der Waals surface area contributed by atoms with Crippen LogP contribution in [0.4, 0.5) is 13.2 Å². The minimum Gasteiger partial charge on any atom is -0.372 e. The number of aromatic nitrogens is 2. The van der Waals surface area contributed by atoms with Gasteiger partial charge >= 0.3 is 6.18 Å². The first-order chi connectivity index (χ1) is 8.83. The van der Waals surface area contributed by atoms with Gasteiger partial charge in [0.2, 0.25) is 0 Å². The van der Waals surface area contributed by atoms with Crippen LogP contribution in [0.2, 0.25) is 5.15 Å². The molecule has 0 atom stereocenters. The molecule has 0 unspecified atom stereocenters. The SMILES string of the molecule is CCc1nc(Cl)cc(=O)n1CCCOCC(F)(F)F. The van der Waals surface area contributed by atoms with E-state index in [1.165, 1.54) is 10.6 Å². The highest BCUT2D eigenvalue weighted by Gasteiger charge is 2.27. The maximum Gasteiger partial charge on any atom is 0.411 e. The van der Waals surface area contributed by atoms with Gasteiger partial charge in [-0.25, -0.2) is 4.98 Å². The summed E-state index contributed by atoms with van der Waals surface area (Å²) < 4.78 is 41.3. The highest BCUT2D eigenvalue weighted by Crippen LogP contribution is 2.14. The van der Waals surface area contributed by atoms with Crippen LogP contribution in [0, 0.1) is 0 Å². The summed E-state index contributed by atoms with van der Waals surface area (Å²) in [4.78, 5) is 15.7. The van der Waals surface area contributed by atoms with Crippen LogP contribution in [-0.2, 0) is 17.7 Å². The molecule has 0 aromatic carbocycles. The van der Waals surface area contributed by atoms with E-state index < -0.39 is 12.8 Å². The summed E-state index contributed by atoms with van der Waals surface area (Å²) in [7, 11) is 0. The molecule has 0 bridgehead atoms. The monoisotopic (exact) mass is 298 g/mol. The van der Waals surface area contributed by atoms with Crippen LogP contribution < -0.4 is 5.56 Å². The third-order valence-corrected chi connectivity index (χ3v) is 2.50. The van der Waals surface area contributed by atoms with Gasteiger partial charge in [0.05, 0.1) is 0 Å². The number of rotatable bonds is 6. The Hall–Kier alpha value is -1.08. The third kappa shape index (κ3) is 5.61. The van der Waals surface area contributed by atoms with E-state index in [1.54, 1.807) is 0 Å². The largest absolute Gasteiger partial charge is 0.411 e. The van der Waals surface area contributed by atoms with Gasteiger partial charge in [0.1, 0.15) is 17.6 Å². The molecule has 0 amide bonds. The number of ether oxygens (including phenoxy) is 1. The quantitative estimate of drug-likeness (QED) is 0.598. The van der Waals surface area contributed by atoms with Crippen LogP contribution in [-0.4, -0.2) is 28.9 Å². The Morgan fingerprint density at radius 1 is 1.47 bits per heavy atom. The summed E-state index contributed by atoms with van der Waals surface area (Å²) in [5.41, 5.74) is -0.312. The number of nitrogens with zero attached hydrogens (tertiary/aromatic N) is 2. The van der Waals surface area contributed by atoms with Gasteiger partial charge in [-0.1, -0.05) is 18.5 Å². The molecule has 1 aromatic rings. The van der Waals surface area contributed by atoms with Crippen molar-refractivity contribution in [3.05, 3.63) is 27.4 Å². The van der Waals surface area contributed by atoms with Crippen molar-refractivity contribution in [1.29, 1.82) is 0 Å². The smallest absolute Gasteiger partial charge is 0.372 e. The molecule has 108 valence electrons. The van der Waals surface area contributed by atoms with Crippen molar-refractivity contribution in [2.45, 2.75) is 32.5 Å². The topological polar surface area (TPSA) is 44.1 Å². The van der Waals surface area contributed by atoms with Crippen LogP contribution >= 0.6 is 11.6 Å². The Labute approximate surface area is 113 Å². The predicted octanol–water partition coefficient (Wildman–Crippen LogP) is 2.43. The van der Waals surface area contributed by atoms with E-state index in [-0.39, 0.29) is 23.9 Å². The predicted molar refractivity (Wildman–Crippen MR) is 64.4 cm³/mol. The van der Waals surface area contributed by atoms with Gasteiger partial charge in [0.25, 0.3) is 5.56 Å². The average Bonchev–Trinajstić information content (AvgIpc) is 2.29. The van der Waals surface area contributed by atoms with E-state index in [4.69, 9.17) is 11.6 Å². The lowest BCUT2D eigenvalue weighted by atomic mass is 10.3. The second kappa shape index (κ2) is 6.91. The molecule has 0 aliphatic rings.